The van der Waals surface area contributed by atoms with Crippen LogP contribution in [-0.4, -0.2) is 29.5 Å². The molecule has 0 fully saturated rings. The maximum atomic E-state index is 6.15. The molecule has 0 aliphatic carbocycles. The van der Waals surface area contributed by atoms with E-state index in [9.17, 15) is 0 Å². The maximum Gasteiger partial charge on any atom is 0.174 e. The van der Waals surface area contributed by atoms with E-state index in [4.69, 9.17) is 40.2 Å². The van der Waals surface area contributed by atoms with Crippen LogP contribution < -0.4 is 15.4 Å². The lowest BCUT2D eigenvalue weighted by molar-refractivity contribution is 0.415. The fraction of sp³-hybridized carbons (Fsp3) is 0.250. The van der Waals surface area contributed by atoms with Crippen LogP contribution in [0, 0.1) is 0 Å². The van der Waals surface area contributed by atoms with E-state index < -0.39 is 0 Å². The summed E-state index contributed by atoms with van der Waals surface area (Å²) in [6.07, 6.45) is 1.68. The highest BCUT2D eigenvalue weighted by molar-refractivity contribution is 7.98. The second-order valence-electron chi connectivity index (χ2n) is 4.69. The number of methoxy groups -OCH3 is 1. The van der Waals surface area contributed by atoms with Crippen LogP contribution >= 0.6 is 47.2 Å². The number of thioether (sulfide) groups is 1. The number of ether oxygens (including phenoxy) is 1. The van der Waals surface area contributed by atoms with Gasteiger partial charge in [0, 0.05) is 34.3 Å². The molecule has 0 bridgehead atoms. The van der Waals surface area contributed by atoms with Gasteiger partial charge in [-0.05, 0) is 42.0 Å². The van der Waals surface area contributed by atoms with E-state index in [0.29, 0.717) is 33.3 Å². The van der Waals surface area contributed by atoms with Gasteiger partial charge in [0.1, 0.15) is 0 Å². The Bertz CT molecular complexity index is 681. The van der Waals surface area contributed by atoms with Gasteiger partial charge in [-0.2, -0.15) is 11.8 Å². The van der Waals surface area contributed by atoms with Crippen molar-refractivity contribution in [2.24, 2.45) is 0 Å². The van der Waals surface area contributed by atoms with Gasteiger partial charge in [-0.1, -0.05) is 29.3 Å². The normalized spacial score (nSPS) is 10.3. The van der Waals surface area contributed by atoms with E-state index in [0.717, 1.165) is 17.1 Å². The standard InChI is InChI=1S/C16H17Cl2N3OS2/c1-22-14-6-3-7-19-15(14)21-16(23)20-8-9-24-10-11-12(17)4-2-5-13(11)18/h2-7H,8-10H2,1H3,(H2,19,20,21,23). The number of hydrogen-bond donors (Lipinski definition) is 2. The first-order valence-electron chi connectivity index (χ1n) is 7.16. The number of nitrogens with one attached hydrogen (secondary N) is 2. The Morgan fingerprint density at radius 2 is 2.00 bits per heavy atom. The molecular weight excluding hydrogens is 385 g/mol. The first-order valence-corrected chi connectivity index (χ1v) is 9.48. The Hall–Kier alpha value is -1.21. The number of hydrogen-bond acceptors (Lipinski definition) is 4. The summed E-state index contributed by atoms with van der Waals surface area (Å²) in [6.45, 7) is 0.716. The molecule has 0 amide bonds. The molecule has 4 nitrogen and oxygen atoms in total. The average molecular weight is 402 g/mol. The first kappa shape index (κ1) is 19.1. The quantitative estimate of drug-likeness (QED) is 0.521. The molecule has 1 aromatic heterocycles. The highest BCUT2D eigenvalue weighted by atomic mass is 35.5. The molecule has 0 spiro atoms. The molecule has 24 heavy (non-hydrogen) atoms. The van der Waals surface area contributed by atoms with Gasteiger partial charge in [0.25, 0.3) is 0 Å². The molecule has 1 heterocycles. The minimum Gasteiger partial charge on any atom is -0.493 e. The predicted molar refractivity (Wildman–Crippen MR) is 108 cm³/mol. The van der Waals surface area contributed by atoms with Gasteiger partial charge >= 0.3 is 0 Å². The molecule has 8 heteroatoms. The third-order valence-corrected chi connectivity index (χ3v) is 5.00. The summed E-state index contributed by atoms with van der Waals surface area (Å²) in [5, 5.41) is 8.05. The molecule has 0 saturated heterocycles. The summed E-state index contributed by atoms with van der Waals surface area (Å²) in [5.41, 5.74) is 0.963. The molecule has 128 valence electrons. The lowest BCUT2D eigenvalue weighted by Crippen LogP contribution is -2.30. The Labute approximate surface area is 161 Å². The Morgan fingerprint density at radius 3 is 2.71 bits per heavy atom. The molecule has 1 aromatic carbocycles. The fourth-order valence-electron chi connectivity index (χ4n) is 1.88. The fourth-order valence-corrected chi connectivity index (χ4v) is 3.68. The van der Waals surface area contributed by atoms with E-state index in [2.05, 4.69) is 15.6 Å². The lowest BCUT2D eigenvalue weighted by Gasteiger charge is -2.12. The molecule has 2 N–H and O–H groups in total. The Kier molecular flexibility index (Phi) is 7.91. The highest BCUT2D eigenvalue weighted by Crippen LogP contribution is 2.28. The van der Waals surface area contributed by atoms with E-state index in [1.54, 1.807) is 31.1 Å². The van der Waals surface area contributed by atoms with Crippen LogP contribution in [0.5, 0.6) is 5.75 Å². The smallest absolute Gasteiger partial charge is 0.174 e. The third kappa shape index (κ3) is 5.70. The second kappa shape index (κ2) is 9.93. The minimum atomic E-state index is 0.503. The predicted octanol–water partition coefficient (Wildman–Crippen LogP) is 4.62. The van der Waals surface area contributed by atoms with E-state index in [-0.39, 0.29) is 0 Å². The van der Waals surface area contributed by atoms with Gasteiger partial charge < -0.3 is 15.4 Å². The van der Waals surface area contributed by atoms with E-state index >= 15 is 0 Å². The molecule has 0 aliphatic heterocycles. The first-order chi connectivity index (χ1) is 11.6. The van der Waals surface area contributed by atoms with Gasteiger partial charge in [-0.15, -0.1) is 0 Å². The monoisotopic (exact) mass is 401 g/mol. The lowest BCUT2D eigenvalue weighted by atomic mass is 10.2. The molecule has 0 atom stereocenters. The topological polar surface area (TPSA) is 46.2 Å². The summed E-state index contributed by atoms with van der Waals surface area (Å²) in [4.78, 5) is 4.19. The molecule has 0 aliphatic rings. The van der Waals surface area contributed by atoms with Crippen molar-refractivity contribution in [3.63, 3.8) is 0 Å². The van der Waals surface area contributed by atoms with Crippen molar-refractivity contribution in [3.8, 4) is 5.75 Å². The third-order valence-electron chi connectivity index (χ3n) is 3.06. The van der Waals surface area contributed by atoms with Crippen LogP contribution in [0.2, 0.25) is 10.0 Å². The zero-order valence-electron chi connectivity index (χ0n) is 13.0. The number of benzene rings is 1. The number of anilines is 1. The Balaban J connectivity index is 1.71. The minimum absolute atomic E-state index is 0.503. The molecule has 2 aromatic rings. The number of halogens is 2. The van der Waals surface area contributed by atoms with Gasteiger partial charge in [-0.25, -0.2) is 4.98 Å². The number of nitrogens with zero attached hydrogens (tertiary/aromatic N) is 1. The van der Waals surface area contributed by atoms with E-state index in [1.165, 1.54) is 0 Å². The van der Waals surface area contributed by atoms with Crippen LogP contribution in [0.15, 0.2) is 36.5 Å². The van der Waals surface area contributed by atoms with E-state index in [1.807, 2.05) is 24.3 Å². The zero-order chi connectivity index (χ0) is 17.4. The van der Waals surface area contributed by atoms with Crippen LogP contribution in [0.4, 0.5) is 5.82 Å². The Morgan fingerprint density at radius 1 is 1.25 bits per heavy atom. The maximum absolute atomic E-state index is 6.15. The van der Waals surface area contributed by atoms with Crippen molar-refractivity contribution in [2.75, 3.05) is 24.7 Å². The number of aromatic nitrogens is 1. The van der Waals surface area contributed by atoms with Crippen molar-refractivity contribution >= 4 is 58.1 Å². The zero-order valence-corrected chi connectivity index (χ0v) is 16.2. The summed E-state index contributed by atoms with van der Waals surface area (Å²) in [6, 6.07) is 9.16. The molecule has 2 rings (SSSR count). The van der Waals surface area contributed by atoms with Gasteiger partial charge in [-0.3, -0.25) is 0 Å². The molecule has 0 saturated carbocycles. The van der Waals surface area contributed by atoms with Crippen molar-refractivity contribution < 1.29 is 4.74 Å². The highest BCUT2D eigenvalue weighted by Gasteiger charge is 2.06. The summed E-state index contributed by atoms with van der Waals surface area (Å²) in [7, 11) is 1.59. The van der Waals surface area contributed by atoms with Crippen molar-refractivity contribution in [2.45, 2.75) is 5.75 Å². The number of thiocarbonyl (C=S) groups is 1. The van der Waals surface area contributed by atoms with Crippen molar-refractivity contribution in [1.82, 2.24) is 10.3 Å². The summed E-state index contributed by atoms with van der Waals surface area (Å²) >= 11 is 19.3. The SMILES string of the molecule is COc1cccnc1NC(=S)NCCSCc1c(Cl)cccc1Cl. The van der Waals surface area contributed by atoms with Crippen molar-refractivity contribution in [3.05, 3.63) is 52.1 Å². The van der Waals surface area contributed by atoms with Crippen LogP contribution in [0.3, 0.4) is 0 Å². The molecule has 0 unspecified atom stereocenters. The van der Waals surface area contributed by atoms with Gasteiger partial charge in [0.05, 0.1) is 7.11 Å². The molecule has 0 radical (unpaired) electrons. The number of pyridine rings is 1. The van der Waals surface area contributed by atoms with Crippen LogP contribution in [0.1, 0.15) is 5.56 Å². The number of rotatable bonds is 7. The van der Waals surface area contributed by atoms with Gasteiger partial charge in [0.2, 0.25) is 0 Å². The summed E-state index contributed by atoms with van der Waals surface area (Å²) < 4.78 is 5.22. The second-order valence-corrected chi connectivity index (χ2v) is 7.02. The van der Waals surface area contributed by atoms with Crippen LogP contribution in [0.25, 0.3) is 0 Å². The van der Waals surface area contributed by atoms with Crippen molar-refractivity contribution in [1.29, 1.82) is 0 Å². The van der Waals surface area contributed by atoms with Gasteiger partial charge in [0.15, 0.2) is 16.7 Å². The molecular formula is C16H17Cl2N3OS2. The van der Waals surface area contributed by atoms with Crippen LogP contribution in [-0.2, 0) is 5.75 Å². The summed E-state index contributed by atoms with van der Waals surface area (Å²) in [5.74, 6) is 2.86. The average Bonchev–Trinajstić information content (AvgIpc) is 2.57. The largest absolute Gasteiger partial charge is 0.493 e.